The highest BCUT2D eigenvalue weighted by Crippen LogP contribution is 2.10. The average Bonchev–Trinajstić information content (AvgIpc) is 2.83. The summed E-state index contributed by atoms with van der Waals surface area (Å²) in [7, 11) is 0. The molecular weight excluding hydrogens is 260 g/mol. The van der Waals surface area contributed by atoms with E-state index in [4.69, 9.17) is 5.11 Å². The highest BCUT2D eigenvalue weighted by Gasteiger charge is 2.11. The van der Waals surface area contributed by atoms with Crippen LogP contribution >= 0.6 is 0 Å². The molecule has 0 fully saturated rings. The van der Waals surface area contributed by atoms with Crippen LogP contribution in [0.1, 0.15) is 21.7 Å². The maximum Gasteiger partial charge on any atom is 0.328 e. The fourth-order valence-corrected chi connectivity index (χ4v) is 1.53. The number of nitrogens with one attached hydrogen (secondary N) is 2. The molecule has 0 aromatic carbocycles. The fraction of sp³-hybridized carbons (Fsp3) is 0.0769. The molecule has 0 spiro atoms. The molecule has 0 aliphatic carbocycles. The molecule has 0 unspecified atom stereocenters. The molecule has 2 aromatic heterocycles. The van der Waals surface area contributed by atoms with Crippen molar-refractivity contribution in [1.82, 2.24) is 15.2 Å². The number of carbonyl (C=O) groups excluding carboxylic acids is 1. The van der Waals surface area contributed by atoms with Gasteiger partial charge in [0.2, 0.25) is 0 Å². The lowest BCUT2D eigenvalue weighted by Gasteiger charge is -2.04. The predicted octanol–water partition coefficient (Wildman–Crippen LogP) is 1.46. The Morgan fingerprint density at radius 1 is 1.40 bits per heavy atom. The van der Waals surface area contributed by atoms with Crippen molar-refractivity contribution in [2.45, 2.75) is 6.92 Å². The van der Waals surface area contributed by atoms with E-state index in [1.54, 1.807) is 25.1 Å². The van der Waals surface area contributed by atoms with E-state index in [0.29, 0.717) is 22.8 Å². The summed E-state index contributed by atoms with van der Waals surface area (Å²) < 4.78 is 0. The number of carbonyl (C=O) groups is 2. The molecule has 2 heterocycles. The highest BCUT2D eigenvalue weighted by atomic mass is 16.4. The van der Waals surface area contributed by atoms with Gasteiger partial charge in [0.05, 0.1) is 17.5 Å². The number of anilines is 1. The fourth-order valence-electron chi connectivity index (χ4n) is 1.53. The van der Waals surface area contributed by atoms with Gasteiger partial charge in [-0.2, -0.15) is 5.10 Å². The van der Waals surface area contributed by atoms with Crippen molar-refractivity contribution in [2.75, 3.05) is 5.32 Å². The molecule has 0 saturated carbocycles. The van der Waals surface area contributed by atoms with Crippen LogP contribution in [0.2, 0.25) is 0 Å². The van der Waals surface area contributed by atoms with E-state index in [-0.39, 0.29) is 5.91 Å². The maximum absolute atomic E-state index is 12.0. The Bertz CT molecular complexity index is 676. The van der Waals surface area contributed by atoms with Crippen LogP contribution in [0.5, 0.6) is 0 Å². The van der Waals surface area contributed by atoms with Crippen molar-refractivity contribution >= 4 is 23.8 Å². The number of aliphatic carboxylic acids is 1. The SMILES string of the molecule is Cc1[nH]ncc1C(=O)Nc1cccc(C=CC(=O)O)n1. The van der Waals surface area contributed by atoms with Gasteiger partial charge >= 0.3 is 5.97 Å². The van der Waals surface area contributed by atoms with Gasteiger partial charge in [-0.3, -0.25) is 9.89 Å². The summed E-state index contributed by atoms with van der Waals surface area (Å²) in [5.74, 6) is -1.05. The minimum Gasteiger partial charge on any atom is -0.478 e. The molecule has 102 valence electrons. The van der Waals surface area contributed by atoms with E-state index >= 15 is 0 Å². The van der Waals surface area contributed by atoms with Gasteiger partial charge in [0.1, 0.15) is 5.82 Å². The molecule has 0 aliphatic rings. The number of hydrogen-bond donors (Lipinski definition) is 3. The van der Waals surface area contributed by atoms with Gasteiger partial charge in [-0.25, -0.2) is 9.78 Å². The molecule has 0 atom stereocenters. The molecule has 0 saturated heterocycles. The zero-order chi connectivity index (χ0) is 14.5. The zero-order valence-corrected chi connectivity index (χ0v) is 10.6. The molecule has 7 nitrogen and oxygen atoms in total. The zero-order valence-electron chi connectivity index (χ0n) is 10.6. The molecule has 1 amide bonds. The molecule has 20 heavy (non-hydrogen) atoms. The Morgan fingerprint density at radius 3 is 2.85 bits per heavy atom. The van der Waals surface area contributed by atoms with Gasteiger partial charge < -0.3 is 10.4 Å². The largest absolute Gasteiger partial charge is 0.478 e. The number of amides is 1. The monoisotopic (exact) mass is 272 g/mol. The van der Waals surface area contributed by atoms with E-state index in [2.05, 4.69) is 20.5 Å². The maximum atomic E-state index is 12.0. The van der Waals surface area contributed by atoms with Gasteiger partial charge in [-0.05, 0) is 25.1 Å². The molecular formula is C13H12N4O3. The van der Waals surface area contributed by atoms with Gasteiger partial charge in [0, 0.05) is 11.8 Å². The number of aromatic nitrogens is 3. The van der Waals surface area contributed by atoms with Crippen LogP contribution in [-0.4, -0.2) is 32.2 Å². The Kier molecular flexibility index (Phi) is 3.90. The van der Waals surface area contributed by atoms with Crippen molar-refractivity contribution in [2.24, 2.45) is 0 Å². The quantitative estimate of drug-likeness (QED) is 0.730. The Hall–Kier alpha value is -2.96. The summed E-state index contributed by atoms with van der Waals surface area (Å²) in [6.07, 6.45) is 3.76. The molecule has 0 bridgehead atoms. The number of H-pyrrole nitrogens is 1. The molecule has 0 aliphatic heterocycles. The van der Waals surface area contributed by atoms with Gasteiger partial charge in [-0.15, -0.1) is 0 Å². The average molecular weight is 272 g/mol. The summed E-state index contributed by atoms with van der Waals surface area (Å²) in [6, 6.07) is 4.93. The molecule has 2 aromatic rings. The van der Waals surface area contributed by atoms with Gasteiger partial charge in [-0.1, -0.05) is 6.07 Å². The number of aryl methyl sites for hydroxylation is 1. The lowest BCUT2D eigenvalue weighted by atomic mass is 10.2. The first-order valence-corrected chi connectivity index (χ1v) is 5.75. The molecule has 2 rings (SSSR count). The summed E-state index contributed by atoms with van der Waals surface area (Å²) >= 11 is 0. The van der Waals surface area contributed by atoms with Crippen LogP contribution in [-0.2, 0) is 4.79 Å². The van der Waals surface area contributed by atoms with Crippen LogP contribution in [0.4, 0.5) is 5.82 Å². The van der Waals surface area contributed by atoms with Crippen molar-refractivity contribution < 1.29 is 14.7 Å². The smallest absolute Gasteiger partial charge is 0.328 e. The topological polar surface area (TPSA) is 108 Å². The van der Waals surface area contributed by atoms with Crippen LogP contribution < -0.4 is 5.32 Å². The van der Waals surface area contributed by atoms with Crippen molar-refractivity contribution in [3.8, 4) is 0 Å². The summed E-state index contributed by atoms with van der Waals surface area (Å²) in [4.78, 5) is 26.5. The first kappa shape index (κ1) is 13.5. The molecule has 3 N–H and O–H groups in total. The summed E-state index contributed by atoms with van der Waals surface area (Å²) in [5.41, 5.74) is 1.52. The third-order valence-electron chi connectivity index (χ3n) is 2.48. The second-order valence-corrected chi connectivity index (χ2v) is 3.98. The van der Waals surface area contributed by atoms with Crippen molar-refractivity contribution in [3.05, 3.63) is 47.4 Å². The summed E-state index contributed by atoms with van der Waals surface area (Å²) in [5, 5.41) is 17.6. The molecule has 7 heteroatoms. The van der Waals surface area contributed by atoms with Gasteiger partial charge in [0.15, 0.2) is 0 Å². The number of rotatable bonds is 4. The molecule has 0 radical (unpaired) electrons. The third-order valence-corrected chi connectivity index (χ3v) is 2.48. The van der Waals surface area contributed by atoms with Crippen LogP contribution in [0, 0.1) is 6.92 Å². The van der Waals surface area contributed by atoms with Crippen LogP contribution in [0.15, 0.2) is 30.5 Å². The standard InChI is InChI=1S/C13H12N4O3/c1-8-10(7-14-17-8)13(20)16-11-4-2-3-9(15-11)5-6-12(18)19/h2-7H,1H3,(H,14,17)(H,18,19)(H,15,16,20). The minimum atomic E-state index is -1.06. The number of pyridine rings is 1. The lowest BCUT2D eigenvalue weighted by molar-refractivity contribution is -0.131. The first-order chi connectivity index (χ1) is 9.56. The number of nitrogens with zero attached hydrogens (tertiary/aromatic N) is 2. The lowest BCUT2D eigenvalue weighted by Crippen LogP contribution is -2.13. The number of aromatic amines is 1. The van der Waals surface area contributed by atoms with E-state index in [9.17, 15) is 9.59 Å². The van der Waals surface area contributed by atoms with Crippen molar-refractivity contribution in [1.29, 1.82) is 0 Å². The van der Waals surface area contributed by atoms with Crippen LogP contribution in [0.25, 0.3) is 6.08 Å². The number of carboxylic acid groups (broad SMARTS) is 1. The normalized spacial score (nSPS) is 10.7. The second kappa shape index (κ2) is 5.79. The Balaban J connectivity index is 2.14. The Labute approximate surface area is 114 Å². The van der Waals surface area contributed by atoms with E-state index < -0.39 is 5.97 Å². The van der Waals surface area contributed by atoms with Gasteiger partial charge in [0.25, 0.3) is 5.91 Å². The van der Waals surface area contributed by atoms with E-state index in [0.717, 1.165) is 6.08 Å². The number of carboxylic acids is 1. The predicted molar refractivity (Wildman–Crippen MR) is 72.2 cm³/mol. The van der Waals surface area contributed by atoms with Crippen molar-refractivity contribution in [3.63, 3.8) is 0 Å². The van der Waals surface area contributed by atoms with Crippen LogP contribution in [0.3, 0.4) is 0 Å². The minimum absolute atomic E-state index is 0.330. The second-order valence-electron chi connectivity index (χ2n) is 3.98. The number of hydrogen-bond acceptors (Lipinski definition) is 4. The summed E-state index contributed by atoms with van der Waals surface area (Å²) in [6.45, 7) is 1.74. The first-order valence-electron chi connectivity index (χ1n) is 5.75. The third kappa shape index (κ3) is 3.29. The van der Waals surface area contributed by atoms with E-state index in [1.165, 1.54) is 12.3 Å². The Morgan fingerprint density at radius 2 is 2.20 bits per heavy atom. The highest BCUT2D eigenvalue weighted by molar-refractivity contribution is 6.04. The van der Waals surface area contributed by atoms with E-state index in [1.807, 2.05) is 0 Å².